The largest absolute Gasteiger partial charge is 0.497 e. The van der Waals surface area contributed by atoms with Crippen LogP contribution in [0.3, 0.4) is 0 Å². The number of benzene rings is 2. The number of anilines is 2. The van der Waals surface area contributed by atoms with Gasteiger partial charge < -0.3 is 25.2 Å². The van der Waals surface area contributed by atoms with Crippen LogP contribution in [0.2, 0.25) is 0 Å². The predicted molar refractivity (Wildman–Crippen MR) is 91.4 cm³/mol. The molecule has 2 aromatic carbocycles. The molecule has 6 nitrogen and oxygen atoms in total. The van der Waals surface area contributed by atoms with Crippen molar-refractivity contribution in [3.8, 4) is 11.5 Å². The van der Waals surface area contributed by atoms with Crippen LogP contribution in [-0.2, 0) is 11.2 Å². The molecule has 0 spiro atoms. The number of aliphatic hydroxyl groups is 1. The Balaban J connectivity index is 1.86. The molecular weight excluding hydrogens is 308 g/mol. The summed E-state index contributed by atoms with van der Waals surface area (Å²) >= 11 is 0. The van der Waals surface area contributed by atoms with Crippen LogP contribution in [-0.4, -0.2) is 37.4 Å². The first-order chi connectivity index (χ1) is 11.6. The number of nitrogens with zero attached hydrogens (tertiary/aromatic N) is 1. The Morgan fingerprint density at radius 3 is 2.67 bits per heavy atom. The molecule has 3 N–H and O–H groups in total. The minimum Gasteiger partial charge on any atom is -0.497 e. The van der Waals surface area contributed by atoms with E-state index in [1.165, 1.54) is 4.90 Å². The van der Waals surface area contributed by atoms with Gasteiger partial charge in [0.1, 0.15) is 11.5 Å². The van der Waals surface area contributed by atoms with Crippen LogP contribution in [0.4, 0.5) is 11.4 Å². The van der Waals surface area contributed by atoms with Crippen LogP contribution >= 0.6 is 0 Å². The van der Waals surface area contributed by atoms with Gasteiger partial charge in [0.15, 0.2) is 6.10 Å². The number of nitrogens with two attached hydrogens (primary N) is 1. The molecule has 0 aromatic heterocycles. The summed E-state index contributed by atoms with van der Waals surface area (Å²) in [5.41, 5.74) is 7.91. The van der Waals surface area contributed by atoms with Crippen molar-refractivity contribution < 1.29 is 19.4 Å². The topological polar surface area (TPSA) is 85.0 Å². The molecule has 0 saturated heterocycles. The van der Waals surface area contributed by atoms with Gasteiger partial charge in [0.25, 0.3) is 5.91 Å². The SMILES string of the molecule is COc1ccc(CC2Oc3ccc(N)cc3N(CCO)C2=O)cc1. The van der Waals surface area contributed by atoms with E-state index >= 15 is 0 Å². The minimum absolute atomic E-state index is 0.130. The summed E-state index contributed by atoms with van der Waals surface area (Å²) in [6, 6.07) is 12.7. The molecule has 24 heavy (non-hydrogen) atoms. The molecule has 1 aliphatic heterocycles. The van der Waals surface area contributed by atoms with Gasteiger partial charge in [-0.05, 0) is 35.9 Å². The van der Waals surface area contributed by atoms with Gasteiger partial charge in [-0.1, -0.05) is 12.1 Å². The summed E-state index contributed by atoms with van der Waals surface area (Å²) < 4.78 is 11.0. The first kappa shape index (κ1) is 16.1. The molecule has 6 heteroatoms. The second kappa shape index (κ2) is 6.80. The molecule has 0 radical (unpaired) electrons. The minimum atomic E-state index is -0.638. The van der Waals surface area contributed by atoms with E-state index in [9.17, 15) is 9.90 Å². The van der Waals surface area contributed by atoms with E-state index < -0.39 is 6.10 Å². The lowest BCUT2D eigenvalue weighted by molar-refractivity contribution is -0.126. The zero-order valence-corrected chi connectivity index (χ0v) is 13.4. The molecule has 1 aliphatic rings. The maximum atomic E-state index is 12.7. The smallest absolute Gasteiger partial charge is 0.268 e. The predicted octanol–water partition coefficient (Wildman–Crippen LogP) is 1.61. The van der Waals surface area contributed by atoms with E-state index in [0.29, 0.717) is 23.5 Å². The number of nitrogen functional groups attached to an aromatic ring is 1. The quantitative estimate of drug-likeness (QED) is 0.815. The van der Waals surface area contributed by atoms with Crippen molar-refractivity contribution in [2.75, 3.05) is 30.9 Å². The van der Waals surface area contributed by atoms with E-state index in [1.807, 2.05) is 24.3 Å². The number of hydrogen-bond donors (Lipinski definition) is 2. The van der Waals surface area contributed by atoms with E-state index in [-0.39, 0.29) is 19.1 Å². The Morgan fingerprint density at radius 2 is 2.00 bits per heavy atom. The average Bonchev–Trinajstić information content (AvgIpc) is 2.60. The fourth-order valence-corrected chi connectivity index (χ4v) is 2.78. The number of carbonyl (C=O) groups excluding carboxylic acids is 1. The zero-order chi connectivity index (χ0) is 17.1. The number of aliphatic hydroxyl groups excluding tert-OH is 1. The Hall–Kier alpha value is -2.73. The summed E-state index contributed by atoms with van der Waals surface area (Å²) in [5, 5.41) is 9.28. The monoisotopic (exact) mass is 328 g/mol. The summed E-state index contributed by atoms with van der Waals surface area (Å²) in [5.74, 6) is 1.17. The lowest BCUT2D eigenvalue weighted by atomic mass is 10.0. The van der Waals surface area contributed by atoms with Gasteiger partial charge in [-0.15, -0.1) is 0 Å². The van der Waals surface area contributed by atoms with Gasteiger partial charge in [0.05, 0.1) is 19.4 Å². The molecule has 0 fully saturated rings. The van der Waals surface area contributed by atoms with Crippen molar-refractivity contribution in [2.24, 2.45) is 0 Å². The molecule has 1 unspecified atom stereocenters. The first-order valence-electron chi connectivity index (χ1n) is 7.73. The highest BCUT2D eigenvalue weighted by atomic mass is 16.5. The van der Waals surface area contributed by atoms with Crippen LogP contribution < -0.4 is 20.1 Å². The van der Waals surface area contributed by atoms with E-state index in [4.69, 9.17) is 15.2 Å². The van der Waals surface area contributed by atoms with E-state index in [0.717, 1.165) is 11.3 Å². The van der Waals surface area contributed by atoms with Gasteiger partial charge in [-0.2, -0.15) is 0 Å². The number of hydrogen-bond acceptors (Lipinski definition) is 5. The van der Waals surface area contributed by atoms with Crippen molar-refractivity contribution in [3.05, 3.63) is 48.0 Å². The molecule has 0 saturated carbocycles. The first-order valence-corrected chi connectivity index (χ1v) is 7.73. The van der Waals surface area contributed by atoms with Crippen molar-refractivity contribution >= 4 is 17.3 Å². The van der Waals surface area contributed by atoms with Crippen LogP contribution in [0, 0.1) is 0 Å². The molecule has 2 aromatic rings. The summed E-state index contributed by atoms with van der Waals surface area (Å²) in [6.07, 6.45) is -0.199. The number of β-amino-alcohol motifs (C(OH)–C–C–N with tert-alkyl or cyclic N) is 1. The molecular formula is C18H20N2O4. The van der Waals surface area contributed by atoms with E-state index in [2.05, 4.69) is 0 Å². The summed E-state index contributed by atoms with van der Waals surface area (Å²) in [7, 11) is 1.61. The summed E-state index contributed by atoms with van der Waals surface area (Å²) in [6.45, 7) is 0.0764. The Labute approximate surface area is 140 Å². The summed E-state index contributed by atoms with van der Waals surface area (Å²) in [4.78, 5) is 14.3. The second-order valence-corrected chi connectivity index (χ2v) is 5.60. The molecule has 1 heterocycles. The highest BCUT2D eigenvalue weighted by Gasteiger charge is 2.34. The molecule has 126 valence electrons. The van der Waals surface area contributed by atoms with Gasteiger partial charge in [0, 0.05) is 18.7 Å². The lowest BCUT2D eigenvalue weighted by Gasteiger charge is -2.34. The number of methoxy groups -OCH3 is 1. The van der Waals surface area contributed by atoms with E-state index in [1.54, 1.807) is 25.3 Å². The van der Waals surface area contributed by atoms with Crippen molar-refractivity contribution in [1.29, 1.82) is 0 Å². The fraction of sp³-hybridized carbons (Fsp3) is 0.278. The van der Waals surface area contributed by atoms with Gasteiger partial charge >= 0.3 is 0 Å². The Kier molecular flexibility index (Phi) is 4.57. The fourth-order valence-electron chi connectivity index (χ4n) is 2.78. The molecule has 0 aliphatic carbocycles. The lowest BCUT2D eigenvalue weighted by Crippen LogP contribution is -2.48. The number of carbonyl (C=O) groups is 1. The molecule has 1 amide bonds. The Morgan fingerprint density at radius 1 is 1.25 bits per heavy atom. The number of ether oxygens (including phenoxy) is 2. The highest BCUT2D eigenvalue weighted by molar-refractivity contribution is 6.00. The highest BCUT2D eigenvalue weighted by Crippen LogP contribution is 2.36. The standard InChI is InChI=1S/C18H20N2O4/c1-23-14-5-2-12(3-6-14)10-17-18(22)20(8-9-21)15-11-13(19)4-7-16(15)24-17/h2-7,11,17,21H,8-10,19H2,1H3. The number of amides is 1. The van der Waals surface area contributed by atoms with Crippen molar-refractivity contribution in [2.45, 2.75) is 12.5 Å². The number of fused-ring (bicyclic) bond motifs is 1. The second-order valence-electron chi connectivity index (χ2n) is 5.60. The van der Waals surface area contributed by atoms with Gasteiger partial charge in [-0.3, -0.25) is 4.79 Å². The maximum absolute atomic E-state index is 12.7. The van der Waals surface area contributed by atoms with Crippen LogP contribution in [0.15, 0.2) is 42.5 Å². The Bertz CT molecular complexity index is 730. The third kappa shape index (κ3) is 3.14. The maximum Gasteiger partial charge on any atom is 0.268 e. The van der Waals surface area contributed by atoms with Crippen molar-refractivity contribution in [3.63, 3.8) is 0 Å². The van der Waals surface area contributed by atoms with Crippen molar-refractivity contribution in [1.82, 2.24) is 0 Å². The molecule has 3 rings (SSSR count). The third-order valence-corrected chi connectivity index (χ3v) is 3.99. The van der Waals surface area contributed by atoms with Gasteiger partial charge in [-0.25, -0.2) is 0 Å². The zero-order valence-electron chi connectivity index (χ0n) is 13.4. The van der Waals surface area contributed by atoms with Crippen LogP contribution in [0.5, 0.6) is 11.5 Å². The average molecular weight is 328 g/mol. The van der Waals surface area contributed by atoms with Crippen LogP contribution in [0.1, 0.15) is 5.56 Å². The normalized spacial score (nSPS) is 16.5. The number of rotatable bonds is 5. The third-order valence-electron chi connectivity index (χ3n) is 3.99. The van der Waals surface area contributed by atoms with Crippen LogP contribution in [0.25, 0.3) is 0 Å². The molecule has 0 bridgehead atoms. The molecule has 1 atom stereocenters. The van der Waals surface area contributed by atoms with Gasteiger partial charge in [0.2, 0.25) is 0 Å².